The maximum absolute atomic E-state index is 12.6. The molecule has 3 aromatic rings. The summed E-state index contributed by atoms with van der Waals surface area (Å²) in [5.41, 5.74) is 2.59. The number of rotatable bonds is 3. The van der Waals surface area contributed by atoms with Crippen molar-refractivity contribution in [3.05, 3.63) is 70.1 Å². The average Bonchev–Trinajstić information content (AvgIpc) is 2.59. The number of hydrogen-bond acceptors (Lipinski definition) is 3. The van der Waals surface area contributed by atoms with Gasteiger partial charge in [-0.05, 0) is 44.0 Å². The van der Waals surface area contributed by atoms with Crippen molar-refractivity contribution in [3.63, 3.8) is 0 Å². The van der Waals surface area contributed by atoms with Gasteiger partial charge in [-0.15, -0.1) is 0 Å². The van der Waals surface area contributed by atoms with Gasteiger partial charge in [-0.3, -0.25) is 9.59 Å². The fourth-order valence-electron chi connectivity index (χ4n) is 2.62. The van der Waals surface area contributed by atoms with Crippen LogP contribution in [0.5, 0.6) is 0 Å². The van der Waals surface area contributed by atoms with Crippen molar-refractivity contribution in [1.29, 1.82) is 0 Å². The number of anilines is 1. The zero-order valence-corrected chi connectivity index (χ0v) is 13.9. The fraction of sp³-hybridized carbons (Fsp3) is 0.211. The van der Waals surface area contributed by atoms with E-state index in [4.69, 9.17) is 0 Å². The summed E-state index contributed by atoms with van der Waals surface area (Å²) >= 11 is 0. The second kappa shape index (κ2) is 6.28. The Morgan fingerprint density at radius 3 is 2.67 bits per heavy atom. The molecule has 1 N–H and O–H groups in total. The molecule has 24 heavy (non-hydrogen) atoms. The van der Waals surface area contributed by atoms with Gasteiger partial charge in [-0.2, -0.15) is 5.10 Å². The minimum Gasteiger partial charge on any atom is -0.324 e. The third kappa shape index (κ3) is 2.80. The number of fused-ring (bicyclic) bond motifs is 1. The summed E-state index contributed by atoms with van der Waals surface area (Å²) in [7, 11) is 0. The summed E-state index contributed by atoms with van der Waals surface area (Å²) in [6.07, 6.45) is 1.61. The molecule has 0 radical (unpaired) electrons. The van der Waals surface area contributed by atoms with Gasteiger partial charge in [0.25, 0.3) is 5.56 Å². The number of aryl methyl sites for hydroxylation is 1. The highest BCUT2D eigenvalue weighted by Crippen LogP contribution is 2.19. The molecule has 5 nitrogen and oxygen atoms in total. The van der Waals surface area contributed by atoms with E-state index >= 15 is 0 Å². The van der Waals surface area contributed by atoms with Crippen LogP contribution >= 0.6 is 0 Å². The lowest BCUT2D eigenvalue weighted by molar-refractivity contribution is -0.119. The van der Waals surface area contributed by atoms with Crippen LogP contribution in [0, 0.1) is 13.8 Å². The molecular weight excluding hydrogens is 302 g/mol. The number of benzene rings is 2. The molecule has 1 unspecified atom stereocenters. The van der Waals surface area contributed by atoms with Crippen LogP contribution in [0.4, 0.5) is 5.69 Å². The normalized spacial score (nSPS) is 12.1. The minimum atomic E-state index is -0.706. The molecule has 3 rings (SSSR count). The Labute approximate surface area is 139 Å². The van der Waals surface area contributed by atoms with Gasteiger partial charge in [0.2, 0.25) is 5.91 Å². The molecule has 0 aliphatic heterocycles. The molecule has 0 saturated carbocycles. The van der Waals surface area contributed by atoms with Crippen molar-refractivity contribution >= 4 is 22.4 Å². The van der Waals surface area contributed by atoms with Gasteiger partial charge in [0, 0.05) is 11.1 Å². The Kier molecular flexibility index (Phi) is 4.16. The SMILES string of the molecule is Cc1cccc(NC(=O)C(C)n2ncc3ccccc3c2=O)c1C. The van der Waals surface area contributed by atoms with Gasteiger partial charge in [0.1, 0.15) is 6.04 Å². The highest BCUT2D eigenvalue weighted by molar-refractivity contribution is 5.94. The van der Waals surface area contributed by atoms with Crippen LogP contribution in [0.3, 0.4) is 0 Å². The molecule has 1 amide bonds. The number of amides is 1. The lowest BCUT2D eigenvalue weighted by atomic mass is 10.1. The number of carbonyl (C=O) groups excluding carboxylic acids is 1. The third-order valence-corrected chi connectivity index (χ3v) is 4.33. The van der Waals surface area contributed by atoms with Gasteiger partial charge in [0.15, 0.2) is 0 Å². The first kappa shape index (κ1) is 15.9. The summed E-state index contributed by atoms with van der Waals surface area (Å²) in [5, 5.41) is 8.36. The standard InChI is InChI=1S/C19H19N3O2/c1-12-7-6-10-17(13(12)2)21-18(23)14(3)22-19(24)16-9-5-4-8-15(16)11-20-22/h4-11,14H,1-3H3,(H,21,23). The zero-order chi connectivity index (χ0) is 17.3. The van der Waals surface area contributed by atoms with E-state index in [-0.39, 0.29) is 11.5 Å². The largest absolute Gasteiger partial charge is 0.324 e. The summed E-state index contributed by atoms with van der Waals surface area (Å²) in [4.78, 5) is 25.1. The van der Waals surface area contributed by atoms with E-state index in [0.29, 0.717) is 5.39 Å². The first-order chi connectivity index (χ1) is 11.5. The van der Waals surface area contributed by atoms with Crippen LogP contribution in [-0.2, 0) is 4.79 Å². The zero-order valence-electron chi connectivity index (χ0n) is 13.9. The number of carbonyl (C=O) groups is 1. The lowest BCUT2D eigenvalue weighted by Gasteiger charge is -2.16. The van der Waals surface area contributed by atoms with Crippen molar-refractivity contribution in [2.45, 2.75) is 26.8 Å². The quantitative estimate of drug-likeness (QED) is 0.805. The molecular formula is C19H19N3O2. The fourth-order valence-corrected chi connectivity index (χ4v) is 2.62. The van der Waals surface area contributed by atoms with E-state index in [1.54, 1.807) is 25.3 Å². The Hall–Kier alpha value is -2.95. The number of nitrogens with zero attached hydrogens (tertiary/aromatic N) is 2. The van der Waals surface area contributed by atoms with Crippen LogP contribution < -0.4 is 10.9 Å². The molecule has 2 aromatic carbocycles. The predicted octanol–water partition coefficient (Wildman–Crippen LogP) is 3.21. The van der Waals surface area contributed by atoms with Crippen molar-refractivity contribution < 1.29 is 4.79 Å². The maximum Gasteiger partial charge on any atom is 0.275 e. The first-order valence-corrected chi connectivity index (χ1v) is 7.82. The molecule has 0 bridgehead atoms. The van der Waals surface area contributed by atoms with Crippen LogP contribution in [0.15, 0.2) is 53.5 Å². The van der Waals surface area contributed by atoms with Crippen molar-refractivity contribution in [3.8, 4) is 0 Å². The van der Waals surface area contributed by atoms with Crippen LogP contribution in [-0.4, -0.2) is 15.7 Å². The van der Waals surface area contributed by atoms with Crippen LogP contribution in [0.1, 0.15) is 24.1 Å². The molecule has 0 aliphatic carbocycles. The van der Waals surface area contributed by atoms with Crippen LogP contribution in [0.25, 0.3) is 10.8 Å². The first-order valence-electron chi connectivity index (χ1n) is 7.82. The summed E-state index contributed by atoms with van der Waals surface area (Å²) < 4.78 is 1.22. The van der Waals surface area contributed by atoms with Crippen LogP contribution in [0.2, 0.25) is 0 Å². The summed E-state index contributed by atoms with van der Waals surface area (Å²) in [5.74, 6) is -0.270. The van der Waals surface area contributed by atoms with Gasteiger partial charge in [0.05, 0.1) is 11.6 Å². The third-order valence-electron chi connectivity index (χ3n) is 4.33. The Morgan fingerprint density at radius 1 is 1.12 bits per heavy atom. The molecule has 5 heteroatoms. The lowest BCUT2D eigenvalue weighted by Crippen LogP contribution is -2.33. The topological polar surface area (TPSA) is 64.0 Å². The molecule has 122 valence electrons. The maximum atomic E-state index is 12.6. The highest BCUT2D eigenvalue weighted by Gasteiger charge is 2.19. The van der Waals surface area contributed by atoms with Gasteiger partial charge in [-0.25, -0.2) is 4.68 Å². The number of hydrogen-bond donors (Lipinski definition) is 1. The van der Waals surface area contributed by atoms with Crippen molar-refractivity contribution in [2.24, 2.45) is 0 Å². The van der Waals surface area contributed by atoms with Gasteiger partial charge >= 0.3 is 0 Å². The molecule has 0 spiro atoms. The second-order valence-electron chi connectivity index (χ2n) is 5.89. The van der Waals surface area contributed by atoms with Crippen molar-refractivity contribution in [2.75, 3.05) is 5.32 Å². The smallest absolute Gasteiger partial charge is 0.275 e. The minimum absolute atomic E-state index is 0.267. The van der Waals surface area contributed by atoms with E-state index in [1.807, 2.05) is 44.2 Å². The van der Waals surface area contributed by atoms with Gasteiger partial charge < -0.3 is 5.32 Å². The average molecular weight is 321 g/mol. The molecule has 1 atom stereocenters. The molecule has 1 heterocycles. The van der Waals surface area contributed by atoms with E-state index in [1.165, 1.54) is 4.68 Å². The molecule has 0 saturated heterocycles. The molecule has 0 aliphatic rings. The Balaban J connectivity index is 1.93. The Morgan fingerprint density at radius 2 is 1.88 bits per heavy atom. The van der Waals surface area contributed by atoms with E-state index in [0.717, 1.165) is 22.2 Å². The van der Waals surface area contributed by atoms with E-state index in [9.17, 15) is 9.59 Å². The van der Waals surface area contributed by atoms with E-state index < -0.39 is 6.04 Å². The van der Waals surface area contributed by atoms with Crippen molar-refractivity contribution in [1.82, 2.24) is 9.78 Å². The highest BCUT2D eigenvalue weighted by atomic mass is 16.2. The van der Waals surface area contributed by atoms with Gasteiger partial charge in [-0.1, -0.05) is 30.3 Å². The number of aromatic nitrogens is 2. The predicted molar refractivity (Wildman–Crippen MR) is 95.3 cm³/mol. The Bertz CT molecular complexity index is 976. The summed E-state index contributed by atoms with van der Waals surface area (Å²) in [6, 6.07) is 12.2. The molecule has 0 fully saturated rings. The van der Waals surface area contributed by atoms with E-state index in [2.05, 4.69) is 10.4 Å². The molecule has 1 aromatic heterocycles. The summed E-state index contributed by atoms with van der Waals surface area (Å²) in [6.45, 7) is 5.61. The number of nitrogens with one attached hydrogen (secondary N) is 1. The monoisotopic (exact) mass is 321 g/mol. The second-order valence-corrected chi connectivity index (χ2v) is 5.89.